The Morgan fingerprint density at radius 3 is 2.55 bits per heavy atom. The Balaban J connectivity index is 1.75. The van der Waals surface area contributed by atoms with Crippen molar-refractivity contribution in [3.05, 3.63) is 71.7 Å². The minimum Gasteiger partial charge on any atom is -0.492 e. The molecule has 0 saturated heterocycles. The number of hydrogen-bond acceptors (Lipinski definition) is 5. The first-order valence-corrected chi connectivity index (χ1v) is 9.71. The zero-order valence-electron chi connectivity index (χ0n) is 17.2. The molecule has 6 nitrogen and oxygen atoms in total. The summed E-state index contributed by atoms with van der Waals surface area (Å²) in [6.45, 7) is 8.77. The fourth-order valence-electron chi connectivity index (χ4n) is 3.02. The van der Waals surface area contributed by atoms with Crippen LogP contribution in [0.15, 0.2) is 54.9 Å². The molecule has 2 aromatic carbocycles. The van der Waals surface area contributed by atoms with Gasteiger partial charge in [0.15, 0.2) is 0 Å². The van der Waals surface area contributed by atoms with Crippen molar-refractivity contribution >= 4 is 23.1 Å². The van der Waals surface area contributed by atoms with E-state index in [4.69, 9.17) is 4.74 Å². The molecule has 0 unspecified atom stereocenters. The summed E-state index contributed by atoms with van der Waals surface area (Å²) in [5.41, 5.74) is 4.20. The lowest BCUT2D eigenvalue weighted by Crippen LogP contribution is -2.15. The highest BCUT2D eigenvalue weighted by Crippen LogP contribution is 2.29. The van der Waals surface area contributed by atoms with Crippen LogP contribution >= 0.6 is 0 Å². The fraction of sp³-hybridized carbons (Fsp3) is 0.261. The van der Waals surface area contributed by atoms with Gasteiger partial charge in [-0.05, 0) is 43.0 Å². The molecule has 0 aliphatic rings. The van der Waals surface area contributed by atoms with Crippen molar-refractivity contribution < 1.29 is 9.53 Å². The van der Waals surface area contributed by atoms with Crippen molar-refractivity contribution in [1.29, 1.82) is 0 Å². The van der Waals surface area contributed by atoms with Crippen LogP contribution in [-0.2, 0) is 0 Å². The second-order valence-corrected chi connectivity index (χ2v) is 6.99. The molecule has 0 aliphatic carbocycles. The molecule has 3 rings (SSSR count). The van der Waals surface area contributed by atoms with E-state index in [0.717, 1.165) is 11.3 Å². The molecular formula is C23H26N4O2. The van der Waals surface area contributed by atoms with Gasteiger partial charge in [-0.15, -0.1) is 0 Å². The van der Waals surface area contributed by atoms with Crippen molar-refractivity contribution in [2.75, 3.05) is 17.2 Å². The van der Waals surface area contributed by atoms with E-state index >= 15 is 0 Å². The summed E-state index contributed by atoms with van der Waals surface area (Å²) in [5, 5.41) is 6.17. The minimum absolute atomic E-state index is 0.232. The highest BCUT2D eigenvalue weighted by Gasteiger charge is 2.13. The first kappa shape index (κ1) is 20.3. The van der Waals surface area contributed by atoms with E-state index in [2.05, 4.69) is 59.6 Å². The number of hydrogen-bond donors (Lipinski definition) is 2. The molecule has 0 aliphatic heterocycles. The van der Waals surface area contributed by atoms with E-state index in [9.17, 15) is 4.79 Å². The molecule has 29 heavy (non-hydrogen) atoms. The van der Waals surface area contributed by atoms with E-state index in [-0.39, 0.29) is 11.6 Å². The van der Waals surface area contributed by atoms with Gasteiger partial charge < -0.3 is 15.4 Å². The first-order chi connectivity index (χ1) is 14.0. The predicted molar refractivity (Wildman–Crippen MR) is 116 cm³/mol. The summed E-state index contributed by atoms with van der Waals surface area (Å²) in [6, 6.07) is 13.5. The second kappa shape index (κ2) is 9.19. The number of carbonyl (C=O) groups is 1. The van der Waals surface area contributed by atoms with Gasteiger partial charge in [0.1, 0.15) is 17.3 Å². The number of amides is 1. The SMILES string of the molecule is CCOc1ccccc1NC(=O)c1cnc(Nc2c(C)cccc2C(C)C)cn1. The number of anilines is 3. The van der Waals surface area contributed by atoms with Crippen LogP contribution in [0.4, 0.5) is 17.2 Å². The zero-order chi connectivity index (χ0) is 20.8. The van der Waals surface area contributed by atoms with Gasteiger partial charge in [0.25, 0.3) is 5.91 Å². The summed E-state index contributed by atoms with van der Waals surface area (Å²) in [4.78, 5) is 21.2. The van der Waals surface area contributed by atoms with E-state index in [1.165, 1.54) is 11.8 Å². The standard InChI is InChI=1S/C23H26N4O2/c1-5-29-20-12-7-6-11-18(20)26-23(28)19-13-25-21(14-24-19)27-22-16(4)9-8-10-17(22)15(2)3/h6-15H,5H2,1-4H3,(H,25,27)(H,26,28). The lowest BCUT2D eigenvalue weighted by atomic mass is 9.98. The summed E-state index contributed by atoms with van der Waals surface area (Å²) in [5.74, 6) is 1.25. The van der Waals surface area contributed by atoms with Gasteiger partial charge in [-0.3, -0.25) is 4.79 Å². The molecule has 0 spiro atoms. The van der Waals surface area contributed by atoms with E-state index in [1.807, 2.05) is 25.1 Å². The van der Waals surface area contributed by atoms with E-state index in [1.54, 1.807) is 12.3 Å². The quantitative estimate of drug-likeness (QED) is 0.572. The number of aryl methyl sites for hydroxylation is 1. The van der Waals surface area contributed by atoms with Crippen molar-refractivity contribution in [3.63, 3.8) is 0 Å². The highest BCUT2D eigenvalue weighted by atomic mass is 16.5. The van der Waals surface area contributed by atoms with Gasteiger partial charge in [0.05, 0.1) is 24.7 Å². The average Bonchev–Trinajstić information content (AvgIpc) is 2.71. The van der Waals surface area contributed by atoms with Crippen LogP contribution in [0.3, 0.4) is 0 Å². The molecule has 0 saturated carbocycles. The van der Waals surface area contributed by atoms with Gasteiger partial charge >= 0.3 is 0 Å². The third-order valence-electron chi connectivity index (χ3n) is 4.50. The van der Waals surface area contributed by atoms with Crippen LogP contribution in [0.1, 0.15) is 48.3 Å². The van der Waals surface area contributed by atoms with Gasteiger partial charge in [-0.2, -0.15) is 0 Å². The van der Waals surface area contributed by atoms with Crippen molar-refractivity contribution in [3.8, 4) is 5.75 Å². The first-order valence-electron chi connectivity index (χ1n) is 9.71. The Bertz CT molecular complexity index is 984. The topological polar surface area (TPSA) is 76.1 Å². The smallest absolute Gasteiger partial charge is 0.275 e. The number of ether oxygens (including phenoxy) is 1. The maximum Gasteiger partial charge on any atom is 0.275 e. The summed E-state index contributed by atoms with van der Waals surface area (Å²) in [7, 11) is 0. The molecule has 2 N–H and O–H groups in total. The average molecular weight is 390 g/mol. The van der Waals surface area contributed by atoms with Crippen LogP contribution in [-0.4, -0.2) is 22.5 Å². The van der Waals surface area contributed by atoms with Crippen LogP contribution in [0, 0.1) is 6.92 Å². The van der Waals surface area contributed by atoms with Crippen molar-refractivity contribution in [1.82, 2.24) is 9.97 Å². The van der Waals surface area contributed by atoms with Gasteiger partial charge in [-0.1, -0.05) is 44.2 Å². The molecule has 150 valence electrons. The Hall–Kier alpha value is -3.41. The van der Waals surface area contributed by atoms with Gasteiger partial charge in [0.2, 0.25) is 0 Å². The largest absolute Gasteiger partial charge is 0.492 e. The third kappa shape index (κ3) is 4.90. The van der Waals surface area contributed by atoms with E-state index in [0.29, 0.717) is 29.8 Å². The van der Waals surface area contributed by atoms with Crippen LogP contribution in [0.5, 0.6) is 5.75 Å². The molecule has 6 heteroatoms. The maximum absolute atomic E-state index is 12.5. The molecule has 1 amide bonds. The predicted octanol–water partition coefficient (Wildman–Crippen LogP) is 5.30. The molecule has 0 fully saturated rings. The number of aromatic nitrogens is 2. The highest BCUT2D eigenvalue weighted by molar-refractivity contribution is 6.03. The van der Waals surface area contributed by atoms with Crippen molar-refractivity contribution in [2.45, 2.75) is 33.6 Å². The fourth-order valence-corrected chi connectivity index (χ4v) is 3.02. The number of benzene rings is 2. The van der Waals surface area contributed by atoms with Gasteiger partial charge in [-0.25, -0.2) is 9.97 Å². The molecule has 1 aromatic heterocycles. The molecule has 1 heterocycles. The minimum atomic E-state index is -0.338. The number of para-hydroxylation sites is 3. The number of nitrogens with one attached hydrogen (secondary N) is 2. The lowest BCUT2D eigenvalue weighted by molar-refractivity contribution is 0.102. The molecular weight excluding hydrogens is 364 g/mol. The van der Waals surface area contributed by atoms with Crippen LogP contribution in [0.2, 0.25) is 0 Å². The summed E-state index contributed by atoms with van der Waals surface area (Å²) < 4.78 is 5.54. The Morgan fingerprint density at radius 2 is 1.86 bits per heavy atom. The van der Waals surface area contributed by atoms with Crippen molar-refractivity contribution in [2.24, 2.45) is 0 Å². The Kier molecular flexibility index (Phi) is 6.44. The monoisotopic (exact) mass is 390 g/mol. The summed E-state index contributed by atoms with van der Waals surface area (Å²) in [6.07, 6.45) is 3.04. The normalized spacial score (nSPS) is 10.7. The molecule has 3 aromatic rings. The second-order valence-electron chi connectivity index (χ2n) is 6.99. The maximum atomic E-state index is 12.5. The number of nitrogens with zero attached hydrogens (tertiary/aromatic N) is 2. The number of rotatable bonds is 7. The van der Waals surface area contributed by atoms with Crippen LogP contribution < -0.4 is 15.4 Å². The number of carbonyl (C=O) groups excluding carboxylic acids is 1. The summed E-state index contributed by atoms with van der Waals surface area (Å²) >= 11 is 0. The van der Waals surface area contributed by atoms with E-state index < -0.39 is 0 Å². The Morgan fingerprint density at radius 1 is 1.07 bits per heavy atom. The molecule has 0 atom stereocenters. The zero-order valence-corrected chi connectivity index (χ0v) is 17.2. The van der Waals surface area contributed by atoms with Crippen LogP contribution in [0.25, 0.3) is 0 Å². The third-order valence-corrected chi connectivity index (χ3v) is 4.50. The van der Waals surface area contributed by atoms with Gasteiger partial charge in [0, 0.05) is 5.69 Å². The molecule has 0 bridgehead atoms. The molecule has 0 radical (unpaired) electrons. The lowest BCUT2D eigenvalue weighted by Gasteiger charge is -2.16. The Labute approximate surface area is 171 Å².